The van der Waals surface area contributed by atoms with Gasteiger partial charge < -0.3 is 0 Å². The summed E-state index contributed by atoms with van der Waals surface area (Å²) in [7, 11) is 0. The summed E-state index contributed by atoms with van der Waals surface area (Å²) in [5.41, 5.74) is 3.19. The minimum Gasteiger partial charge on any atom is -0.207 e. The molecule has 100 valence electrons. The van der Waals surface area contributed by atoms with E-state index < -0.39 is 5.92 Å². The van der Waals surface area contributed by atoms with E-state index in [4.69, 9.17) is 0 Å². The molecule has 0 spiro atoms. The van der Waals surface area contributed by atoms with Crippen LogP contribution in [-0.4, -0.2) is 26.1 Å². The first-order chi connectivity index (χ1) is 8.94. The van der Waals surface area contributed by atoms with Gasteiger partial charge in [0.1, 0.15) is 0 Å². The minimum absolute atomic E-state index is 0.199. The van der Waals surface area contributed by atoms with Gasteiger partial charge in [-0.05, 0) is 36.3 Å². The van der Waals surface area contributed by atoms with Gasteiger partial charge in [0.05, 0.1) is 6.04 Å². The molecular weight excluding hydrogens is 250 g/mol. The number of rotatable bonds is 2. The van der Waals surface area contributed by atoms with Crippen molar-refractivity contribution in [1.29, 1.82) is 0 Å². The maximum atomic E-state index is 12.8. The molecule has 4 nitrogen and oxygen atoms in total. The largest absolute Gasteiger partial charge is 0.252 e. The van der Waals surface area contributed by atoms with Crippen LogP contribution in [0.2, 0.25) is 0 Å². The predicted molar refractivity (Wildman–Crippen MR) is 65.9 cm³/mol. The van der Waals surface area contributed by atoms with Gasteiger partial charge in [0, 0.05) is 18.4 Å². The second kappa shape index (κ2) is 4.08. The smallest absolute Gasteiger partial charge is 0.207 e. The van der Waals surface area contributed by atoms with E-state index in [1.165, 1.54) is 10.4 Å². The van der Waals surface area contributed by atoms with Gasteiger partial charge in [-0.25, -0.2) is 8.78 Å². The zero-order valence-corrected chi connectivity index (χ0v) is 10.8. The number of aryl methyl sites for hydroxylation is 2. The van der Waals surface area contributed by atoms with Crippen LogP contribution in [0.4, 0.5) is 8.78 Å². The maximum absolute atomic E-state index is 12.8. The average molecular weight is 264 g/mol. The van der Waals surface area contributed by atoms with Gasteiger partial charge in [-0.15, -0.1) is 10.2 Å². The fraction of sp³-hybridized carbons (Fsp3) is 0.462. The second-order valence-electron chi connectivity index (χ2n) is 5.15. The van der Waals surface area contributed by atoms with E-state index >= 15 is 0 Å². The molecule has 0 saturated heterocycles. The number of hydrogen-bond donors (Lipinski definition) is 0. The van der Waals surface area contributed by atoms with Crippen molar-refractivity contribution in [2.45, 2.75) is 38.7 Å². The molecule has 1 fully saturated rings. The molecule has 1 heterocycles. The van der Waals surface area contributed by atoms with Gasteiger partial charge >= 0.3 is 0 Å². The number of aromatic nitrogens is 4. The molecule has 1 aliphatic carbocycles. The molecule has 1 aromatic carbocycles. The molecule has 6 heteroatoms. The Morgan fingerprint density at radius 1 is 1.21 bits per heavy atom. The third kappa shape index (κ3) is 2.22. The minimum atomic E-state index is -2.57. The second-order valence-corrected chi connectivity index (χ2v) is 5.15. The van der Waals surface area contributed by atoms with E-state index in [0.717, 1.165) is 11.1 Å². The first kappa shape index (κ1) is 12.2. The lowest BCUT2D eigenvalue weighted by atomic mass is 9.89. The van der Waals surface area contributed by atoms with Crippen molar-refractivity contribution in [1.82, 2.24) is 20.2 Å². The summed E-state index contributed by atoms with van der Waals surface area (Å²) in [6.07, 6.45) is -0.397. The highest BCUT2D eigenvalue weighted by atomic mass is 19.3. The standard InChI is InChI=1S/C13H14F2N4/c1-8-3-4-10(5-9(8)2)12-16-18-19(17-12)11-6-13(14,15)7-11/h3-5,11H,6-7H2,1-2H3. The number of alkyl halides is 2. The van der Waals surface area contributed by atoms with Crippen molar-refractivity contribution in [3.8, 4) is 11.4 Å². The third-order valence-corrected chi connectivity index (χ3v) is 3.59. The molecule has 1 aromatic heterocycles. The monoisotopic (exact) mass is 264 g/mol. The van der Waals surface area contributed by atoms with Crippen LogP contribution in [0.15, 0.2) is 18.2 Å². The van der Waals surface area contributed by atoms with E-state index in [9.17, 15) is 8.78 Å². The lowest BCUT2D eigenvalue weighted by molar-refractivity contribution is -0.110. The number of halogens is 2. The number of hydrogen-bond acceptors (Lipinski definition) is 3. The van der Waals surface area contributed by atoms with Crippen LogP contribution in [-0.2, 0) is 0 Å². The van der Waals surface area contributed by atoms with Crippen LogP contribution in [0.5, 0.6) is 0 Å². The Kier molecular flexibility index (Phi) is 2.62. The van der Waals surface area contributed by atoms with Gasteiger partial charge in [0.25, 0.3) is 5.92 Å². The van der Waals surface area contributed by atoms with Gasteiger partial charge in [-0.1, -0.05) is 12.1 Å². The first-order valence-corrected chi connectivity index (χ1v) is 6.20. The fourth-order valence-corrected chi connectivity index (χ4v) is 2.17. The van der Waals surface area contributed by atoms with Crippen LogP contribution in [0.3, 0.4) is 0 Å². The molecule has 1 aliphatic rings. The van der Waals surface area contributed by atoms with Gasteiger partial charge in [-0.3, -0.25) is 0 Å². The highest BCUT2D eigenvalue weighted by Gasteiger charge is 2.47. The van der Waals surface area contributed by atoms with Crippen LogP contribution >= 0.6 is 0 Å². The summed E-state index contributed by atoms with van der Waals surface area (Å²) < 4.78 is 25.6. The van der Waals surface area contributed by atoms with E-state index in [2.05, 4.69) is 15.4 Å². The Balaban J connectivity index is 1.83. The Morgan fingerprint density at radius 2 is 1.95 bits per heavy atom. The van der Waals surface area contributed by atoms with E-state index in [1.807, 2.05) is 32.0 Å². The fourth-order valence-electron chi connectivity index (χ4n) is 2.17. The Labute approximate surface area is 109 Å². The molecule has 19 heavy (non-hydrogen) atoms. The average Bonchev–Trinajstić information content (AvgIpc) is 2.78. The van der Waals surface area contributed by atoms with E-state index in [-0.39, 0.29) is 18.9 Å². The molecule has 0 bridgehead atoms. The molecule has 0 radical (unpaired) electrons. The highest BCUT2D eigenvalue weighted by Crippen LogP contribution is 2.44. The van der Waals surface area contributed by atoms with Crippen molar-refractivity contribution in [2.75, 3.05) is 0 Å². The van der Waals surface area contributed by atoms with Crippen LogP contribution < -0.4 is 0 Å². The van der Waals surface area contributed by atoms with Crippen molar-refractivity contribution in [3.05, 3.63) is 29.3 Å². The summed E-state index contributed by atoms with van der Waals surface area (Å²) in [6, 6.07) is 5.55. The molecule has 0 atom stereocenters. The van der Waals surface area contributed by atoms with Crippen molar-refractivity contribution in [3.63, 3.8) is 0 Å². The normalized spacial score (nSPS) is 18.3. The van der Waals surface area contributed by atoms with Gasteiger partial charge in [0.2, 0.25) is 5.82 Å². The van der Waals surface area contributed by atoms with E-state index in [1.54, 1.807) is 0 Å². The van der Waals surface area contributed by atoms with Crippen molar-refractivity contribution in [2.24, 2.45) is 0 Å². The maximum Gasteiger partial charge on any atom is 0.252 e. The van der Waals surface area contributed by atoms with Gasteiger partial charge in [-0.2, -0.15) is 4.80 Å². The third-order valence-electron chi connectivity index (χ3n) is 3.59. The zero-order chi connectivity index (χ0) is 13.6. The first-order valence-electron chi connectivity index (χ1n) is 6.20. The molecule has 0 aliphatic heterocycles. The molecule has 1 saturated carbocycles. The summed E-state index contributed by atoms with van der Waals surface area (Å²) in [4.78, 5) is 1.31. The number of nitrogens with zero attached hydrogens (tertiary/aromatic N) is 4. The number of benzene rings is 1. The topological polar surface area (TPSA) is 43.6 Å². The molecule has 0 unspecified atom stereocenters. The summed E-state index contributed by atoms with van der Waals surface area (Å²) in [6.45, 7) is 4.04. The molecule has 3 rings (SSSR count). The van der Waals surface area contributed by atoms with E-state index in [0.29, 0.717) is 5.82 Å². The number of tetrazole rings is 1. The Hall–Kier alpha value is -1.85. The molecule has 0 amide bonds. The quantitative estimate of drug-likeness (QED) is 0.837. The highest BCUT2D eigenvalue weighted by molar-refractivity contribution is 5.56. The van der Waals surface area contributed by atoms with Gasteiger partial charge in [0.15, 0.2) is 0 Å². The van der Waals surface area contributed by atoms with Crippen LogP contribution in [0.25, 0.3) is 11.4 Å². The predicted octanol–water partition coefficient (Wildman–Crippen LogP) is 2.93. The molecule has 0 N–H and O–H groups in total. The summed E-state index contributed by atoms with van der Waals surface area (Å²) in [5, 5.41) is 12.0. The summed E-state index contributed by atoms with van der Waals surface area (Å²) in [5.74, 6) is -2.09. The molecular formula is C13H14F2N4. The van der Waals surface area contributed by atoms with Crippen molar-refractivity contribution < 1.29 is 8.78 Å². The lowest BCUT2D eigenvalue weighted by Crippen LogP contribution is -2.38. The molecule has 2 aromatic rings. The Bertz CT molecular complexity index is 613. The van der Waals surface area contributed by atoms with Crippen LogP contribution in [0.1, 0.15) is 30.0 Å². The van der Waals surface area contributed by atoms with Crippen molar-refractivity contribution >= 4 is 0 Å². The van der Waals surface area contributed by atoms with Crippen LogP contribution in [0, 0.1) is 13.8 Å². The lowest BCUT2D eigenvalue weighted by Gasteiger charge is -2.33. The zero-order valence-electron chi connectivity index (χ0n) is 10.8. The Morgan fingerprint density at radius 3 is 2.58 bits per heavy atom. The SMILES string of the molecule is Cc1ccc(-c2nnn(C3CC(F)(F)C3)n2)cc1C. The summed E-state index contributed by atoms with van der Waals surface area (Å²) >= 11 is 0.